The quantitative estimate of drug-likeness (QED) is 0.451. The maximum atomic E-state index is 11.5. The van der Waals surface area contributed by atoms with E-state index in [1.165, 1.54) is 38.5 Å². The first kappa shape index (κ1) is 20.2. The molecule has 0 unspecified atom stereocenters. The number of carbonyl (C=O) groups is 1. The Bertz CT molecular complexity index is 273. The molecule has 1 amide bonds. The van der Waals surface area contributed by atoms with Crippen LogP contribution in [-0.2, 0) is 4.74 Å². The zero-order valence-electron chi connectivity index (χ0n) is 14.0. The predicted molar refractivity (Wildman–Crippen MR) is 92.6 cm³/mol. The van der Waals surface area contributed by atoms with E-state index >= 15 is 0 Å². The lowest BCUT2D eigenvalue weighted by Gasteiger charge is -2.25. The number of nitrogens with one attached hydrogen (secondary N) is 1. The van der Waals surface area contributed by atoms with Crippen LogP contribution in [0.15, 0.2) is 0 Å². The van der Waals surface area contributed by atoms with Gasteiger partial charge in [0.25, 0.3) is 0 Å². The average Bonchev–Trinajstić information content (AvgIpc) is 2.45. The summed E-state index contributed by atoms with van der Waals surface area (Å²) in [7, 11) is 0. The third-order valence-electron chi connectivity index (χ3n) is 3.33. The highest BCUT2D eigenvalue weighted by atomic mass is 32.1. The molecule has 0 aliphatic rings. The number of ether oxygens (including phenoxy) is 1. The van der Waals surface area contributed by atoms with Crippen molar-refractivity contribution in [1.29, 1.82) is 0 Å². The second kappa shape index (κ2) is 14.1. The van der Waals surface area contributed by atoms with Gasteiger partial charge in [0, 0.05) is 13.1 Å². The van der Waals surface area contributed by atoms with E-state index in [9.17, 15) is 4.79 Å². The van der Waals surface area contributed by atoms with Crippen molar-refractivity contribution in [2.24, 2.45) is 0 Å². The molecule has 0 aliphatic heterocycles. The van der Waals surface area contributed by atoms with Crippen LogP contribution in [0.5, 0.6) is 0 Å². The molecule has 0 aromatic heterocycles. The van der Waals surface area contributed by atoms with Crippen molar-refractivity contribution in [3.63, 3.8) is 0 Å². The summed E-state index contributed by atoms with van der Waals surface area (Å²) in [6, 6.07) is 0. The van der Waals surface area contributed by atoms with E-state index in [1.807, 2.05) is 0 Å². The lowest BCUT2D eigenvalue weighted by Crippen LogP contribution is -2.43. The number of rotatable bonds is 11. The van der Waals surface area contributed by atoms with E-state index in [0.29, 0.717) is 11.7 Å². The Labute approximate surface area is 135 Å². The molecule has 0 rings (SSSR count). The minimum absolute atomic E-state index is 0.363. The van der Waals surface area contributed by atoms with Crippen LogP contribution in [0.3, 0.4) is 0 Å². The molecule has 0 aliphatic carbocycles. The fourth-order valence-corrected chi connectivity index (χ4v) is 2.37. The van der Waals surface area contributed by atoms with Crippen molar-refractivity contribution in [1.82, 2.24) is 10.2 Å². The molecule has 0 aromatic carbocycles. The fraction of sp³-hybridized carbons (Fsp3) is 0.875. The molecule has 0 saturated carbocycles. The highest BCUT2D eigenvalue weighted by Gasteiger charge is 2.12. The minimum Gasteiger partial charge on any atom is -0.450 e. The molecule has 0 fully saturated rings. The van der Waals surface area contributed by atoms with E-state index in [0.717, 1.165) is 25.9 Å². The molecular weight excluding hydrogens is 284 g/mol. The Kier molecular flexibility index (Phi) is 13.5. The SMILES string of the molecule is CCCCCCN(CCCCCC)C(=S)NC(=O)OCC. The molecule has 0 aromatic rings. The number of nitrogens with zero attached hydrogens (tertiary/aromatic N) is 1. The Morgan fingerprint density at radius 1 is 0.952 bits per heavy atom. The zero-order chi connectivity index (χ0) is 15.9. The maximum absolute atomic E-state index is 11.5. The highest BCUT2D eigenvalue weighted by molar-refractivity contribution is 7.80. The maximum Gasteiger partial charge on any atom is 0.413 e. The number of hydrogen-bond acceptors (Lipinski definition) is 3. The van der Waals surface area contributed by atoms with E-state index in [4.69, 9.17) is 17.0 Å². The monoisotopic (exact) mass is 316 g/mol. The summed E-state index contributed by atoms with van der Waals surface area (Å²) in [5, 5.41) is 3.16. The second-order valence-electron chi connectivity index (χ2n) is 5.26. The van der Waals surface area contributed by atoms with Gasteiger partial charge in [0.2, 0.25) is 0 Å². The number of hydrogen-bond donors (Lipinski definition) is 1. The van der Waals surface area contributed by atoms with Crippen LogP contribution < -0.4 is 5.32 Å². The second-order valence-corrected chi connectivity index (χ2v) is 5.65. The van der Waals surface area contributed by atoms with Crippen LogP contribution in [0.2, 0.25) is 0 Å². The van der Waals surface area contributed by atoms with Gasteiger partial charge in [-0.2, -0.15) is 0 Å². The van der Waals surface area contributed by atoms with E-state index in [1.54, 1.807) is 6.92 Å². The van der Waals surface area contributed by atoms with Gasteiger partial charge in [0.05, 0.1) is 6.61 Å². The molecule has 0 bridgehead atoms. The summed E-state index contributed by atoms with van der Waals surface area (Å²) in [6.07, 6.45) is 9.16. The number of amides is 1. The van der Waals surface area contributed by atoms with Gasteiger partial charge < -0.3 is 9.64 Å². The van der Waals surface area contributed by atoms with Crippen molar-refractivity contribution >= 4 is 23.4 Å². The normalized spacial score (nSPS) is 10.2. The summed E-state index contributed by atoms with van der Waals surface area (Å²) in [5.74, 6) is 0. The van der Waals surface area contributed by atoms with Gasteiger partial charge in [0.1, 0.15) is 0 Å². The first-order valence-electron chi connectivity index (χ1n) is 8.38. The van der Waals surface area contributed by atoms with Gasteiger partial charge in [-0.3, -0.25) is 5.32 Å². The number of alkyl carbamates (subject to hydrolysis) is 1. The van der Waals surface area contributed by atoms with Gasteiger partial charge in [-0.05, 0) is 32.0 Å². The van der Waals surface area contributed by atoms with Gasteiger partial charge in [-0.25, -0.2) is 4.79 Å². The van der Waals surface area contributed by atoms with Gasteiger partial charge >= 0.3 is 6.09 Å². The minimum atomic E-state index is -0.449. The molecule has 0 atom stereocenters. The summed E-state index contributed by atoms with van der Waals surface area (Å²) >= 11 is 5.34. The molecule has 0 heterocycles. The van der Waals surface area contributed by atoms with Crippen molar-refractivity contribution in [3.05, 3.63) is 0 Å². The van der Waals surface area contributed by atoms with Crippen LogP contribution in [0.4, 0.5) is 4.79 Å². The predicted octanol–water partition coefficient (Wildman–Crippen LogP) is 4.48. The topological polar surface area (TPSA) is 41.6 Å². The van der Waals surface area contributed by atoms with E-state index in [2.05, 4.69) is 24.1 Å². The number of thiocarbonyl (C=S) groups is 1. The third kappa shape index (κ3) is 11.5. The van der Waals surface area contributed by atoms with Crippen molar-refractivity contribution in [2.45, 2.75) is 72.1 Å². The first-order valence-corrected chi connectivity index (χ1v) is 8.79. The van der Waals surface area contributed by atoms with Crippen LogP contribution in [0.25, 0.3) is 0 Å². The Hall–Kier alpha value is -0.840. The molecule has 124 valence electrons. The molecule has 0 saturated heterocycles. The summed E-state index contributed by atoms with van der Waals surface area (Å²) in [5.41, 5.74) is 0. The zero-order valence-corrected chi connectivity index (χ0v) is 14.8. The van der Waals surface area contributed by atoms with Crippen molar-refractivity contribution in [3.8, 4) is 0 Å². The molecule has 0 radical (unpaired) electrons. The van der Waals surface area contributed by atoms with Crippen molar-refractivity contribution in [2.75, 3.05) is 19.7 Å². The number of carbonyl (C=O) groups excluding carboxylic acids is 1. The van der Waals surface area contributed by atoms with E-state index < -0.39 is 6.09 Å². The standard InChI is InChI=1S/C16H32N2O2S/c1-4-7-9-11-13-18(14-12-10-8-5-2)15(21)17-16(19)20-6-3/h4-14H2,1-3H3,(H,17,19,21). The van der Waals surface area contributed by atoms with Crippen molar-refractivity contribution < 1.29 is 9.53 Å². The Morgan fingerprint density at radius 2 is 1.48 bits per heavy atom. The molecule has 0 spiro atoms. The van der Waals surface area contributed by atoms with Crippen LogP contribution in [0, 0.1) is 0 Å². The van der Waals surface area contributed by atoms with E-state index in [-0.39, 0.29) is 0 Å². The Balaban J connectivity index is 4.19. The smallest absolute Gasteiger partial charge is 0.413 e. The van der Waals surface area contributed by atoms with Gasteiger partial charge in [-0.1, -0.05) is 52.4 Å². The van der Waals surface area contributed by atoms with Gasteiger partial charge in [0.15, 0.2) is 5.11 Å². The summed E-state index contributed by atoms with van der Waals surface area (Å²) in [4.78, 5) is 13.6. The molecular formula is C16H32N2O2S. The molecule has 1 N–H and O–H groups in total. The molecule has 4 nitrogen and oxygen atoms in total. The highest BCUT2D eigenvalue weighted by Crippen LogP contribution is 2.06. The Morgan fingerprint density at radius 3 is 1.90 bits per heavy atom. The lowest BCUT2D eigenvalue weighted by atomic mass is 10.2. The summed E-state index contributed by atoms with van der Waals surface area (Å²) < 4.78 is 4.88. The van der Waals surface area contributed by atoms with Crippen LogP contribution in [0.1, 0.15) is 72.1 Å². The molecule has 5 heteroatoms. The molecule has 21 heavy (non-hydrogen) atoms. The summed E-state index contributed by atoms with van der Waals surface area (Å²) in [6.45, 7) is 8.39. The first-order chi connectivity index (χ1) is 10.2. The average molecular weight is 317 g/mol. The number of unbranched alkanes of at least 4 members (excludes halogenated alkanes) is 6. The fourth-order valence-electron chi connectivity index (χ4n) is 2.11. The third-order valence-corrected chi connectivity index (χ3v) is 3.70. The van der Waals surface area contributed by atoms with Gasteiger partial charge in [-0.15, -0.1) is 0 Å². The van der Waals surface area contributed by atoms with Crippen LogP contribution in [-0.4, -0.2) is 35.8 Å². The van der Waals surface area contributed by atoms with Crippen LogP contribution >= 0.6 is 12.2 Å². The largest absolute Gasteiger partial charge is 0.450 e. The lowest BCUT2D eigenvalue weighted by molar-refractivity contribution is 0.156.